The molecule has 0 bridgehead atoms. The lowest BCUT2D eigenvalue weighted by molar-refractivity contribution is -0.122. The number of pyridine rings is 2. The van der Waals surface area contributed by atoms with Gasteiger partial charge in [-0.05, 0) is 218 Å². The molecule has 139 heavy (non-hydrogen) atoms. The van der Waals surface area contributed by atoms with E-state index in [9.17, 15) is 14.7 Å². The first-order valence-corrected chi connectivity index (χ1v) is 48.1. The number of methoxy groups -OCH3 is 1. The Morgan fingerprint density at radius 1 is 0.612 bits per heavy atom. The van der Waals surface area contributed by atoms with Crippen LogP contribution in [0, 0.1) is 41.5 Å². The first kappa shape index (κ1) is 94.5. The van der Waals surface area contributed by atoms with Crippen molar-refractivity contribution in [3.8, 4) is 45.3 Å². The van der Waals surface area contributed by atoms with Crippen LogP contribution in [0.15, 0.2) is 176 Å². The van der Waals surface area contributed by atoms with Gasteiger partial charge < -0.3 is 59.5 Å². The number of rotatable bonds is 22. The molecule has 16 heterocycles. The zero-order chi connectivity index (χ0) is 97.8. The number of carbonyl (C=O) groups is 2. The van der Waals surface area contributed by atoms with Gasteiger partial charge in [-0.15, -0.1) is 41.9 Å². The molecule has 0 radical (unpaired) electrons. The van der Waals surface area contributed by atoms with Crippen LogP contribution in [0.1, 0.15) is 174 Å². The molecular weight excluding hydrogens is 1790 g/mol. The van der Waals surface area contributed by atoms with E-state index in [0.29, 0.717) is 64.2 Å². The van der Waals surface area contributed by atoms with Gasteiger partial charge in [-0.1, -0.05) is 74.0 Å². The Kier molecular flexibility index (Phi) is 26.5. The van der Waals surface area contributed by atoms with Crippen LogP contribution in [0.5, 0.6) is 5.75 Å². The maximum absolute atomic E-state index is 13.3. The minimum Gasteiger partial charge on any atom is -0.508 e. The summed E-state index contributed by atoms with van der Waals surface area (Å²) in [6.45, 7) is 40.7. The summed E-state index contributed by atoms with van der Waals surface area (Å²) in [4.78, 5) is 83.0. The van der Waals surface area contributed by atoms with Crippen molar-refractivity contribution in [2.24, 2.45) is 4.99 Å². The predicted molar refractivity (Wildman–Crippen MR) is 549 cm³/mol. The standard InChI is InChI=1S/C27H36N8O2.C27H30N8.C25H22ClN5O2S.C24H27N9/c1-14(2)28-23-25-32-31-17(6)33(25)12-20(29-23)24-30-19-10-18-21(11-22(19)35(24)16(5)13-37-9)34(15(3)4)26(36)27(18,7)8;1-19-16-29-27-25(28-2)30-23(18-34(19)27)26-31-22-10-9-21(33-13-11-32(3)12-14-33)15-24(22)35(26)17-20-7-5-4-6-8-20;1-13-14(2)34-25-22(13)23(16-4-6-17(26)7-5-16)28-20(24-30-29-15(3)31(24)25)12-21(33)27-18-8-10-19(32)11-9-18;1-14(2)18-10-21-19(11-26-18)29-23(33(21)12-17-8-6-7-9-25-17)20-13-32-16(5)30-31-24(32)22(28-20)27-15(3)4/h10-12,14-16H,13H2,1-9H3,(H,28,29);4-10,15-16,18H,11-14,17H2,1-3H3,(H,28,30);4-11,20,32H,12H2,1-3H3,(H,27,33);6-11,13-15H,12H2,1-5H3,(H,27,28)/t16-;;20-;/m0.0./s1. The van der Waals surface area contributed by atoms with Crippen LogP contribution in [0.25, 0.3) is 89.6 Å². The molecule has 34 nitrogen and oxygen atoms in total. The number of phenolic OH excluding ortho intramolecular Hbond substituents is 1. The minimum atomic E-state index is -0.624. The molecule has 0 unspecified atom stereocenters. The lowest BCUT2D eigenvalue weighted by Gasteiger charge is -2.34. The van der Waals surface area contributed by atoms with Crippen molar-refractivity contribution in [1.82, 2.24) is 112 Å². The van der Waals surface area contributed by atoms with Crippen molar-refractivity contribution >= 4 is 125 Å². The van der Waals surface area contributed by atoms with E-state index < -0.39 is 11.5 Å². The molecule has 21 rings (SSSR count). The Hall–Kier alpha value is -14.8. The molecule has 1 saturated heterocycles. The quantitative estimate of drug-likeness (QED) is 0.0393. The summed E-state index contributed by atoms with van der Waals surface area (Å²) in [5.74, 6) is 7.70. The lowest BCUT2D eigenvalue weighted by Crippen LogP contribution is -2.44. The maximum atomic E-state index is 13.3. The third-order valence-corrected chi connectivity index (χ3v) is 26.8. The largest absolute Gasteiger partial charge is 0.508 e. The highest BCUT2D eigenvalue weighted by Crippen LogP contribution is 2.47. The lowest BCUT2D eigenvalue weighted by atomic mass is 9.86. The number of imidazole rings is 4. The zero-order valence-electron chi connectivity index (χ0n) is 81.9. The number of benzene rings is 5. The number of thiophene rings is 1. The summed E-state index contributed by atoms with van der Waals surface area (Å²) in [7, 11) is 5.77. The second-order valence-electron chi connectivity index (χ2n) is 37.4. The van der Waals surface area contributed by atoms with E-state index in [1.165, 1.54) is 28.3 Å². The van der Waals surface area contributed by atoms with Gasteiger partial charge in [0.2, 0.25) is 23.1 Å². The smallest absolute Gasteiger partial charge is 0.237 e. The van der Waals surface area contributed by atoms with Gasteiger partial charge in [0.25, 0.3) is 0 Å². The molecular formula is C103H115ClN30O4S. The molecule has 18 aromatic rings. The number of phenols is 1. The fourth-order valence-corrected chi connectivity index (χ4v) is 19.4. The number of carbonyl (C=O) groups excluding carboxylic acids is 2. The number of piperazine rings is 1. The summed E-state index contributed by atoms with van der Waals surface area (Å²) in [5, 5.41) is 49.9. The van der Waals surface area contributed by atoms with Gasteiger partial charge in [0, 0.05) is 140 Å². The second-order valence-corrected chi connectivity index (χ2v) is 39.0. The number of aryl methyl sites for hydroxylation is 5. The summed E-state index contributed by atoms with van der Waals surface area (Å²) >= 11 is 7.82. The van der Waals surface area contributed by atoms with Crippen molar-refractivity contribution < 1.29 is 19.4 Å². The van der Waals surface area contributed by atoms with Gasteiger partial charge in [-0.3, -0.25) is 42.3 Å². The van der Waals surface area contributed by atoms with Gasteiger partial charge in [0.15, 0.2) is 46.4 Å². The molecule has 2 amide bonds. The number of ether oxygens (including phenoxy) is 1. The number of nitrogens with zero attached hydrogens (tertiary/aromatic N) is 26. The number of anilines is 6. The number of fused-ring (bicyclic) bond motifs is 10. The molecule has 0 saturated carbocycles. The Bertz CT molecular complexity index is 7660. The number of amides is 2. The highest BCUT2D eigenvalue weighted by Gasteiger charge is 2.46. The van der Waals surface area contributed by atoms with E-state index in [4.69, 9.17) is 51.2 Å². The van der Waals surface area contributed by atoms with E-state index >= 15 is 0 Å². The van der Waals surface area contributed by atoms with Crippen LogP contribution in [-0.4, -0.2) is 207 Å². The van der Waals surface area contributed by atoms with E-state index in [-0.39, 0.29) is 48.2 Å². The third-order valence-electron chi connectivity index (χ3n) is 25.4. The molecule has 2 atom stereocenters. The van der Waals surface area contributed by atoms with Crippen LogP contribution in [-0.2, 0) is 32.8 Å². The van der Waals surface area contributed by atoms with E-state index in [1.54, 1.807) is 30.6 Å². The molecule has 714 valence electrons. The number of hydrogen-bond donors (Lipinski definition) is 5. The SMILES string of the molecule is CNc1nc(-c2nc3ccc(N4CCN(C)CC4)cc3n2Cc2ccccc2)cn2c(C)cnc12.COC[C@H](C)n1c(-c2cn3c(C)nnc3c(NC(C)C)n2)nc2cc3c(cc21)N(C(C)C)C(=O)C3(C)C.Cc1nnc2c(NC(C)C)nc(-c3nc4cnc(C(C)C)cc4n3Cc3ccccn3)cn12.Cc1sc2c(c1C)C(c1ccc(Cl)cc1)=N[C@@H](CC(=O)Nc1ccc(O)cc1)c1nnc(C)n1-2. The number of aromatic hydroxyl groups is 1. The number of likely N-dealkylation sites (N-methyl/N-ethyl adjacent to an activating group) is 1. The van der Waals surface area contributed by atoms with Crippen molar-refractivity contribution in [3.63, 3.8) is 0 Å². The van der Waals surface area contributed by atoms with Crippen LogP contribution >= 0.6 is 22.9 Å². The molecule has 3 aliphatic rings. The normalized spacial score (nSPS) is 14.4. The van der Waals surface area contributed by atoms with Crippen molar-refractivity contribution in [1.29, 1.82) is 0 Å². The Morgan fingerprint density at radius 2 is 1.23 bits per heavy atom. The average Bonchev–Trinajstić information content (AvgIpc) is 1.59. The second kappa shape index (κ2) is 39.0. The van der Waals surface area contributed by atoms with Crippen LogP contribution < -0.4 is 31.1 Å². The molecule has 3 aliphatic heterocycles. The first-order chi connectivity index (χ1) is 66.8. The van der Waals surface area contributed by atoms with Crippen molar-refractivity contribution in [3.05, 3.63) is 249 Å². The summed E-state index contributed by atoms with van der Waals surface area (Å²) in [5.41, 5.74) is 21.4. The fraction of sp³-hybridized carbons (Fsp3) is 0.340. The van der Waals surface area contributed by atoms with Gasteiger partial charge in [0.05, 0.1) is 81.9 Å². The summed E-state index contributed by atoms with van der Waals surface area (Å²) in [6.07, 6.45) is 11.5. The number of aromatic nitrogens is 22. The van der Waals surface area contributed by atoms with E-state index in [0.717, 1.165) is 179 Å². The van der Waals surface area contributed by atoms with Crippen LogP contribution in [0.4, 0.5) is 34.5 Å². The Labute approximate surface area is 814 Å². The number of aliphatic imine (C=N–C) groups is 1. The van der Waals surface area contributed by atoms with Crippen LogP contribution in [0.2, 0.25) is 5.02 Å². The Balaban J connectivity index is 0.000000123. The highest BCUT2D eigenvalue weighted by molar-refractivity contribution is 7.15. The fourth-order valence-electron chi connectivity index (χ4n) is 18.1. The van der Waals surface area contributed by atoms with Crippen LogP contribution in [0.3, 0.4) is 0 Å². The monoisotopic (exact) mass is 1900 g/mol. The van der Waals surface area contributed by atoms with Gasteiger partial charge in [-0.25, -0.2) is 34.9 Å². The van der Waals surface area contributed by atoms with Gasteiger partial charge in [-0.2, -0.15) is 0 Å². The molecule has 5 N–H and O–H groups in total. The van der Waals surface area contributed by atoms with Crippen molar-refractivity contribution in [2.75, 3.05) is 85.1 Å². The molecule has 1 fully saturated rings. The topological polar surface area (TPSA) is 360 Å². The van der Waals surface area contributed by atoms with E-state index in [1.807, 2.05) is 153 Å². The Morgan fingerprint density at radius 3 is 1.86 bits per heavy atom. The molecule has 13 aromatic heterocycles. The third kappa shape index (κ3) is 18.8. The van der Waals surface area contributed by atoms with Gasteiger partial charge in [0.1, 0.15) is 56.9 Å². The first-order valence-electron chi connectivity index (χ1n) is 46.9. The minimum absolute atomic E-state index is 0.0262. The van der Waals surface area contributed by atoms with E-state index in [2.05, 4.69) is 238 Å². The molecule has 36 heteroatoms. The number of hydrogen-bond acceptors (Lipinski definition) is 26. The molecule has 5 aromatic carbocycles. The molecule has 0 spiro atoms. The average molecular weight is 1900 g/mol. The predicted octanol–water partition coefficient (Wildman–Crippen LogP) is 18.2. The van der Waals surface area contributed by atoms with Crippen molar-refractivity contribution in [2.45, 2.75) is 179 Å². The number of nitrogens with one attached hydrogen (secondary N) is 4. The van der Waals surface area contributed by atoms with Gasteiger partial charge >= 0.3 is 0 Å². The highest BCUT2D eigenvalue weighted by atomic mass is 35.5. The molecule has 0 aliphatic carbocycles. The summed E-state index contributed by atoms with van der Waals surface area (Å²) in [6, 6.07) is 43.2. The summed E-state index contributed by atoms with van der Waals surface area (Å²) < 4.78 is 20.2. The maximum Gasteiger partial charge on any atom is 0.237 e. The zero-order valence-corrected chi connectivity index (χ0v) is 83.4. The number of halogens is 1.